The van der Waals surface area contributed by atoms with Crippen LogP contribution in [0.4, 0.5) is 0 Å². The van der Waals surface area contributed by atoms with E-state index in [1.807, 2.05) is 0 Å². The average molecular weight is 296 g/mol. The molecule has 1 rings (SSSR count). The quantitative estimate of drug-likeness (QED) is 0.736. The van der Waals surface area contributed by atoms with Gasteiger partial charge in [-0.3, -0.25) is 9.36 Å². The number of carbonyl (C=O) groups is 1. The van der Waals surface area contributed by atoms with Gasteiger partial charge in [0.2, 0.25) is 0 Å². The van der Waals surface area contributed by atoms with Crippen LogP contribution in [0.1, 0.15) is 37.2 Å². The van der Waals surface area contributed by atoms with Crippen molar-refractivity contribution < 1.29 is 14.6 Å². The highest BCUT2D eigenvalue weighted by atomic mass is 16.5. The summed E-state index contributed by atoms with van der Waals surface area (Å²) in [6.07, 6.45) is 0.583. The number of aliphatic carboxylic acids is 1. The Labute approximate surface area is 124 Å². The highest BCUT2D eigenvalue weighted by Gasteiger charge is 2.13. The number of aryl methyl sites for hydroxylation is 1. The van der Waals surface area contributed by atoms with Crippen LogP contribution in [0.25, 0.3) is 0 Å². The summed E-state index contributed by atoms with van der Waals surface area (Å²) in [5.41, 5.74) is 1.46. The van der Waals surface area contributed by atoms with E-state index in [0.29, 0.717) is 49.0 Å². The number of hydrogen-bond acceptors (Lipinski definition) is 4. The molecular weight excluding hydrogens is 272 g/mol. The first-order chi connectivity index (χ1) is 9.82. The second-order valence-electron chi connectivity index (χ2n) is 5.59. The van der Waals surface area contributed by atoms with Gasteiger partial charge in [-0.15, -0.1) is 0 Å². The summed E-state index contributed by atoms with van der Waals surface area (Å²) in [4.78, 5) is 26.7. The lowest BCUT2D eigenvalue weighted by Gasteiger charge is -2.14. The van der Waals surface area contributed by atoms with Crippen LogP contribution in [-0.2, 0) is 22.5 Å². The van der Waals surface area contributed by atoms with E-state index in [1.165, 1.54) is 4.57 Å². The number of ether oxygens (including phenoxy) is 1. The molecule has 1 aromatic heterocycles. The number of carboxylic acid groups (broad SMARTS) is 1. The zero-order chi connectivity index (χ0) is 16.0. The first-order valence-electron chi connectivity index (χ1n) is 7.19. The van der Waals surface area contributed by atoms with E-state index < -0.39 is 5.97 Å². The van der Waals surface area contributed by atoms with Crippen LogP contribution >= 0.6 is 0 Å². The van der Waals surface area contributed by atoms with Crippen molar-refractivity contribution in [3.05, 3.63) is 27.4 Å². The van der Waals surface area contributed by atoms with E-state index in [-0.39, 0.29) is 12.1 Å². The summed E-state index contributed by atoms with van der Waals surface area (Å²) in [7, 11) is 0. The molecule has 6 heteroatoms. The number of nitrogens with zero attached hydrogens (tertiary/aromatic N) is 2. The van der Waals surface area contributed by atoms with Gasteiger partial charge in [0.1, 0.15) is 0 Å². The summed E-state index contributed by atoms with van der Waals surface area (Å²) in [6.45, 7) is 9.36. The van der Waals surface area contributed by atoms with Crippen LogP contribution in [0.5, 0.6) is 0 Å². The van der Waals surface area contributed by atoms with Crippen LogP contribution in [0, 0.1) is 19.8 Å². The zero-order valence-electron chi connectivity index (χ0n) is 13.2. The van der Waals surface area contributed by atoms with Crippen molar-refractivity contribution in [2.45, 2.75) is 47.1 Å². The first kappa shape index (κ1) is 17.4. The molecule has 0 aliphatic rings. The lowest BCUT2D eigenvalue weighted by molar-refractivity contribution is -0.136. The normalized spacial score (nSPS) is 11.1. The van der Waals surface area contributed by atoms with E-state index in [9.17, 15) is 9.59 Å². The van der Waals surface area contributed by atoms with Crippen LogP contribution < -0.4 is 5.69 Å². The molecule has 0 saturated carbocycles. The molecule has 6 nitrogen and oxygen atoms in total. The van der Waals surface area contributed by atoms with Crippen LogP contribution in [0.15, 0.2) is 4.79 Å². The molecule has 0 atom stereocenters. The standard InChI is InChI=1S/C15H24N2O4/c1-10(2)9-21-7-5-6-17-12(4)13(8-14(18)19)11(3)16-15(17)20/h10H,5-9H2,1-4H3,(H,18,19). The predicted octanol–water partition coefficient (Wildman–Crippen LogP) is 1.55. The Morgan fingerprint density at radius 1 is 1.38 bits per heavy atom. The van der Waals surface area contributed by atoms with Crippen LogP contribution in [0.2, 0.25) is 0 Å². The van der Waals surface area contributed by atoms with Crippen molar-refractivity contribution in [3.63, 3.8) is 0 Å². The molecule has 0 amide bonds. The topological polar surface area (TPSA) is 81.4 Å². The summed E-state index contributed by atoms with van der Waals surface area (Å²) in [5.74, 6) is -0.439. The maximum atomic E-state index is 11.9. The van der Waals surface area contributed by atoms with Gasteiger partial charge in [0.25, 0.3) is 0 Å². The molecule has 0 fully saturated rings. The highest BCUT2D eigenvalue weighted by molar-refractivity contribution is 5.70. The third-order valence-corrected chi connectivity index (χ3v) is 3.22. The summed E-state index contributed by atoms with van der Waals surface area (Å²) in [6, 6.07) is 0. The van der Waals surface area contributed by atoms with E-state index in [4.69, 9.17) is 9.84 Å². The number of hydrogen-bond donors (Lipinski definition) is 1. The van der Waals surface area contributed by atoms with Crippen LogP contribution in [-0.4, -0.2) is 33.8 Å². The molecule has 1 aromatic rings. The lowest BCUT2D eigenvalue weighted by Crippen LogP contribution is -2.29. The molecule has 0 unspecified atom stereocenters. The fourth-order valence-electron chi connectivity index (χ4n) is 2.15. The Kier molecular flexibility index (Phi) is 6.55. The van der Waals surface area contributed by atoms with Gasteiger partial charge in [-0.2, -0.15) is 4.98 Å². The number of aromatic nitrogens is 2. The molecule has 0 spiro atoms. The molecule has 118 valence electrons. The summed E-state index contributed by atoms with van der Waals surface area (Å²) >= 11 is 0. The van der Waals surface area contributed by atoms with Gasteiger partial charge in [-0.1, -0.05) is 13.8 Å². The Balaban J connectivity index is 2.77. The maximum absolute atomic E-state index is 11.9. The fourth-order valence-corrected chi connectivity index (χ4v) is 2.15. The minimum Gasteiger partial charge on any atom is -0.481 e. The lowest BCUT2D eigenvalue weighted by atomic mass is 10.1. The molecule has 1 heterocycles. The second-order valence-corrected chi connectivity index (χ2v) is 5.59. The molecular formula is C15H24N2O4. The zero-order valence-corrected chi connectivity index (χ0v) is 13.2. The minimum absolute atomic E-state index is 0.116. The Bertz CT molecular complexity index is 549. The molecule has 0 bridgehead atoms. The fraction of sp³-hybridized carbons (Fsp3) is 0.667. The first-order valence-corrected chi connectivity index (χ1v) is 7.19. The van der Waals surface area contributed by atoms with Gasteiger partial charge in [0.05, 0.1) is 6.42 Å². The van der Waals surface area contributed by atoms with E-state index in [2.05, 4.69) is 18.8 Å². The largest absolute Gasteiger partial charge is 0.481 e. The average Bonchev–Trinajstić information content (AvgIpc) is 2.37. The van der Waals surface area contributed by atoms with Gasteiger partial charge < -0.3 is 9.84 Å². The highest BCUT2D eigenvalue weighted by Crippen LogP contribution is 2.10. The minimum atomic E-state index is -0.923. The molecule has 0 aliphatic heterocycles. The van der Waals surface area contributed by atoms with Crippen molar-refractivity contribution >= 4 is 5.97 Å². The predicted molar refractivity (Wildman–Crippen MR) is 79.6 cm³/mol. The summed E-state index contributed by atoms with van der Waals surface area (Å²) < 4.78 is 7.02. The molecule has 0 aliphatic carbocycles. The van der Waals surface area contributed by atoms with E-state index in [0.717, 1.165) is 0 Å². The summed E-state index contributed by atoms with van der Waals surface area (Å²) in [5, 5.41) is 8.94. The van der Waals surface area contributed by atoms with Gasteiger partial charge in [0.15, 0.2) is 0 Å². The molecule has 0 aromatic carbocycles. The Morgan fingerprint density at radius 2 is 2.05 bits per heavy atom. The monoisotopic (exact) mass is 296 g/mol. The van der Waals surface area contributed by atoms with Crippen molar-refractivity contribution in [2.75, 3.05) is 13.2 Å². The van der Waals surface area contributed by atoms with E-state index >= 15 is 0 Å². The van der Waals surface area contributed by atoms with Gasteiger partial charge in [-0.05, 0) is 26.2 Å². The molecule has 21 heavy (non-hydrogen) atoms. The van der Waals surface area contributed by atoms with Crippen molar-refractivity contribution in [1.82, 2.24) is 9.55 Å². The van der Waals surface area contributed by atoms with Gasteiger partial charge >= 0.3 is 11.7 Å². The van der Waals surface area contributed by atoms with Crippen molar-refractivity contribution in [2.24, 2.45) is 5.92 Å². The second kappa shape index (κ2) is 7.93. The Morgan fingerprint density at radius 3 is 2.62 bits per heavy atom. The smallest absolute Gasteiger partial charge is 0.347 e. The van der Waals surface area contributed by atoms with Gasteiger partial charge in [-0.25, -0.2) is 4.79 Å². The number of rotatable bonds is 8. The van der Waals surface area contributed by atoms with Crippen LogP contribution in [0.3, 0.4) is 0 Å². The molecule has 0 radical (unpaired) electrons. The van der Waals surface area contributed by atoms with E-state index in [1.54, 1.807) is 13.8 Å². The number of carboxylic acids is 1. The third-order valence-electron chi connectivity index (χ3n) is 3.22. The Hall–Kier alpha value is -1.69. The maximum Gasteiger partial charge on any atom is 0.347 e. The van der Waals surface area contributed by atoms with Crippen molar-refractivity contribution in [3.8, 4) is 0 Å². The third kappa shape index (κ3) is 5.30. The SMILES string of the molecule is Cc1nc(=O)n(CCCOCC(C)C)c(C)c1CC(=O)O. The molecule has 0 saturated heterocycles. The molecule has 1 N–H and O–H groups in total. The van der Waals surface area contributed by atoms with Gasteiger partial charge in [0, 0.05) is 36.7 Å². The van der Waals surface area contributed by atoms with Crippen molar-refractivity contribution in [1.29, 1.82) is 0 Å².